The van der Waals surface area contributed by atoms with Crippen molar-refractivity contribution >= 4 is 40.9 Å². The fraction of sp³-hybridized carbons (Fsp3) is 0.0909. The van der Waals surface area contributed by atoms with Gasteiger partial charge >= 0.3 is 0 Å². The van der Waals surface area contributed by atoms with Crippen LogP contribution in [-0.4, -0.2) is 12.5 Å². The molecule has 1 aromatic heterocycles. The van der Waals surface area contributed by atoms with Crippen LogP contribution in [0, 0.1) is 11.3 Å². The minimum Gasteiger partial charge on any atom is -0.494 e. The Morgan fingerprint density at radius 3 is 2.72 bits per heavy atom. The largest absolute Gasteiger partial charge is 0.494 e. The van der Waals surface area contributed by atoms with Crippen LogP contribution < -0.4 is 10.1 Å². The van der Waals surface area contributed by atoms with Gasteiger partial charge in [0, 0.05) is 23.4 Å². The number of rotatable bonds is 6. The van der Waals surface area contributed by atoms with Gasteiger partial charge in [0.25, 0.3) is 5.91 Å². The van der Waals surface area contributed by atoms with Crippen molar-refractivity contribution in [2.45, 2.75) is 6.92 Å². The molecule has 0 fully saturated rings. The molecule has 0 aliphatic rings. The van der Waals surface area contributed by atoms with E-state index < -0.39 is 5.91 Å². The van der Waals surface area contributed by atoms with E-state index in [0.29, 0.717) is 39.6 Å². The molecule has 0 unspecified atom stereocenters. The van der Waals surface area contributed by atoms with Crippen molar-refractivity contribution in [1.82, 2.24) is 0 Å². The normalized spacial score (nSPS) is 11.0. The Bertz CT molecular complexity index is 1110. The van der Waals surface area contributed by atoms with Crippen LogP contribution in [0.1, 0.15) is 12.7 Å². The molecule has 7 heteroatoms. The second kappa shape index (κ2) is 9.33. The number of anilines is 1. The van der Waals surface area contributed by atoms with Crippen molar-refractivity contribution in [3.63, 3.8) is 0 Å². The summed E-state index contributed by atoms with van der Waals surface area (Å²) >= 11 is 12.0. The molecule has 0 spiro atoms. The van der Waals surface area contributed by atoms with E-state index in [0.717, 1.165) is 5.56 Å². The monoisotopic (exact) mass is 426 g/mol. The molecule has 0 bridgehead atoms. The maximum absolute atomic E-state index is 12.5. The number of amides is 1. The molecule has 29 heavy (non-hydrogen) atoms. The maximum atomic E-state index is 12.5. The standard InChI is InChI=1S/C22H16Cl2N2O3/c1-2-28-17-5-3-4-16(12-17)26-22(27)15(13-25)10-18-7-9-21(29-18)14-6-8-19(23)20(24)11-14/h3-12H,2H2,1H3,(H,26,27). The predicted molar refractivity (Wildman–Crippen MR) is 114 cm³/mol. The third kappa shape index (κ3) is 5.20. The minimum absolute atomic E-state index is 0.0955. The molecular formula is C22H16Cl2N2O3. The van der Waals surface area contributed by atoms with E-state index in [9.17, 15) is 10.1 Å². The lowest BCUT2D eigenvalue weighted by Crippen LogP contribution is -2.13. The van der Waals surface area contributed by atoms with E-state index in [-0.39, 0.29) is 5.57 Å². The average molecular weight is 427 g/mol. The molecule has 0 radical (unpaired) electrons. The molecule has 5 nitrogen and oxygen atoms in total. The Hall–Kier alpha value is -3.20. The van der Waals surface area contributed by atoms with Gasteiger partial charge in [0.15, 0.2) is 0 Å². The topological polar surface area (TPSA) is 75.3 Å². The molecular weight excluding hydrogens is 411 g/mol. The molecule has 146 valence electrons. The number of benzene rings is 2. The Kier molecular flexibility index (Phi) is 6.61. The van der Waals surface area contributed by atoms with E-state index in [1.54, 1.807) is 54.6 Å². The highest BCUT2D eigenvalue weighted by molar-refractivity contribution is 6.42. The summed E-state index contributed by atoms with van der Waals surface area (Å²) in [6, 6.07) is 17.3. The quantitative estimate of drug-likeness (QED) is 0.376. The van der Waals surface area contributed by atoms with Gasteiger partial charge in [0.2, 0.25) is 0 Å². The highest BCUT2D eigenvalue weighted by atomic mass is 35.5. The minimum atomic E-state index is -0.548. The van der Waals surface area contributed by atoms with Crippen molar-refractivity contribution in [1.29, 1.82) is 5.26 Å². The number of carbonyl (C=O) groups excluding carboxylic acids is 1. The lowest BCUT2D eigenvalue weighted by Gasteiger charge is -2.07. The summed E-state index contributed by atoms with van der Waals surface area (Å²) in [5, 5.41) is 12.9. The summed E-state index contributed by atoms with van der Waals surface area (Å²) in [4.78, 5) is 12.5. The highest BCUT2D eigenvalue weighted by Crippen LogP contribution is 2.30. The van der Waals surface area contributed by atoms with Crippen LogP contribution in [0.5, 0.6) is 5.75 Å². The van der Waals surface area contributed by atoms with Gasteiger partial charge in [0.05, 0.1) is 16.7 Å². The zero-order chi connectivity index (χ0) is 20.8. The summed E-state index contributed by atoms with van der Waals surface area (Å²) in [6.45, 7) is 2.39. The lowest BCUT2D eigenvalue weighted by molar-refractivity contribution is -0.112. The summed E-state index contributed by atoms with van der Waals surface area (Å²) in [7, 11) is 0. The number of nitrogens with one attached hydrogen (secondary N) is 1. The van der Waals surface area contributed by atoms with Crippen LogP contribution in [0.4, 0.5) is 5.69 Å². The van der Waals surface area contributed by atoms with Crippen LogP contribution >= 0.6 is 23.2 Å². The van der Waals surface area contributed by atoms with Gasteiger partial charge in [-0.15, -0.1) is 0 Å². The first-order valence-electron chi connectivity index (χ1n) is 8.71. The van der Waals surface area contributed by atoms with Crippen LogP contribution in [0.15, 0.2) is 64.6 Å². The summed E-state index contributed by atoms with van der Waals surface area (Å²) in [5.41, 5.74) is 1.16. The van der Waals surface area contributed by atoms with E-state index >= 15 is 0 Å². The second-order valence-electron chi connectivity index (χ2n) is 5.92. The predicted octanol–water partition coefficient (Wildman–Crippen LogP) is 6.20. The first kappa shape index (κ1) is 20.5. The van der Waals surface area contributed by atoms with Gasteiger partial charge in [-0.1, -0.05) is 29.3 Å². The van der Waals surface area contributed by atoms with E-state index in [1.807, 2.05) is 13.0 Å². The number of ether oxygens (including phenoxy) is 1. The molecule has 0 saturated carbocycles. The Morgan fingerprint density at radius 2 is 2.00 bits per heavy atom. The van der Waals surface area contributed by atoms with Gasteiger partial charge in [-0.25, -0.2) is 0 Å². The number of furan rings is 1. The Balaban J connectivity index is 1.78. The SMILES string of the molecule is CCOc1cccc(NC(=O)C(C#N)=Cc2ccc(-c3ccc(Cl)c(Cl)c3)o2)c1. The first-order valence-corrected chi connectivity index (χ1v) is 9.47. The van der Waals surface area contributed by atoms with Gasteiger partial charge in [-0.05, 0) is 49.4 Å². The van der Waals surface area contributed by atoms with Gasteiger partial charge in [-0.2, -0.15) is 5.26 Å². The molecule has 0 atom stereocenters. The lowest BCUT2D eigenvalue weighted by atomic mass is 10.2. The molecule has 0 saturated heterocycles. The van der Waals surface area contributed by atoms with E-state index in [1.165, 1.54) is 6.08 Å². The number of halogens is 2. The smallest absolute Gasteiger partial charge is 0.266 e. The van der Waals surface area contributed by atoms with Gasteiger partial charge in [-0.3, -0.25) is 4.79 Å². The van der Waals surface area contributed by atoms with Crippen molar-refractivity contribution in [2.75, 3.05) is 11.9 Å². The number of carbonyl (C=O) groups is 1. The molecule has 3 aromatic rings. The molecule has 1 heterocycles. The van der Waals surface area contributed by atoms with E-state index in [2.05, 4.69) is 5.32 Å². The van der Waals surface area contributed by atoms with Crippen molar-refractivity contribution < 1.29 is 13.9 Å². The Morgan fingerprint density at radius 1 is 1.17 bits per heavy atom. The summed E-state index contributed by atoms with van der Waals surface area (Å²) in [6.07, 6.45) is 1.38. The molecule has 0 aliphatic heterocycles. The number of hydrogen-bond acceptors (Lipinski definition) is 4. The number of hydrogen-bond donors (Lipinski definition) is 1. The van der Waals surface area contributed by atoms with Crippen molar-refractivity contribution in [3.05, 3.63) is 76.0 Å². The van der Waals surface area contributed by atoms with Gasteiger partial charge < -0.3 is 14.5 Å². The van der Waals surface area contributed by atoms with Crippen LogP contribution in [0.2, 0.25) is 10.0 Å². The van der Waals surface area contributed by atoms with Crippen molar-refractivity contribution in [2.24, 2.45) is 0 Å². The van der Waals surface area contributed by atoms with Crippen molar-refractivity contribution in [3.8, 4) is 23.1 Å². The molecule has 2 aromatic carbocycles. The molecule has 1 amide bonds. The first-order chi connectivity index (χ1) is 14.0. The highest BCUT2D eigenvalue weighted by Gasteiger charge is 2.12. The third-order valence-corrected chi connectivity index (χ3v) is 4.62. The summed E-state index contributed by atoms with van der Waals surface area (Å²) < 4.78 is 11.1. The molecule has 0 aliphatic carbocycles. The van der Waals surface area contributed by atoms with Gasteiger partial charge in [0.1, 0.15) is 28.9 Å². The third-order valence-electron chi connectivity index (χ3n) is 3.89. The Labute approximate surface area is 178 Å². The van der Waals surface area contributed by atoms with Crippen LogP contribution in [-0.2, 0) is 4.79 Å². The number of nitriles is 1. The van der Waals surface area contributed by atoms with Crippen LogP contribution in [0.3, 0.4) is 0 Å². The fourth-order valence-corrected chi connectivity index (χ4v) is 2.85. The average Bonchev–Trinajstić information content (AvgIpc) is 3.17. The maximum Gasteiger partial charge on any atom is 0.266 e. The number of nitrogens with zero attached hydrogens (tertiary/aromatic N) is 1. The molecule has 3 rings (SSSR count). The van der Waals surface area contributed by atoms with E-state index in [4.69, 9.17) is 32.4 Å². The fourth-order valence-electron chi connectivity index (χ4n) is 2.55. The zero-order valence-corrected chi connectivity index (χ0v) is 16.9. The zero-order valence-electron chi connectivity index (χ0n) is 15.4. The second-order valence-corrected chi connectivity index (χ2v) is 6.73. The molecule has 1 N–H and O–H groups in total. The summed E-state index contributed by atoms with van der Waals surface area (Å²) in [5.74, 6) is 0.983. The van der Waals surface area contributed by atoms with Crippen LogP contribution in [0.25, 0.3) is 17.4 Å².